The summed E-state index contributed by atoms with van der Waals surface area (Å²) in [7, 11) is 1.62. The first kappa shape index (κ1) is 20.8. The van der Waals surface area contributed by atoms with Gasteiger partial charge >= 0.3 is 6.09 Å². The second-order valence-corrected chi connectivity index (χ2v) is 7.71. The van der Waals surface area contributed by atoms with Gasteiger partial charge in [0.05, 0.1) is 6.04 Å². The lowest BCUT2D eigenvalue weighted by Crippen LogP contribution is -2.39. The number of nitrogens with zero attached hydrogens (tertiary/aromatic N) is 1. The maximum Gasteiger partial charge on any atom is 0.417 e. The summed E-state index contributed by atoms with van der Waals surface area (Å²) in [6.07, 6.45) is 9.61. The van der Waals surface area contributed by atoms with Crippen molar-refractivity contribution in [2.75, 3.05) is 13.7 Å². The van der Waals surface area contributed by atoms with Crippen LogP contribution in [0.1, 0.15) is 17.5 Å². The quantitative estimate of drug-likeness (QED) is 0.649. The zero-order valence-corrected chi connectivity index (χ0v) is 17.4. The van der Waals surface area contributed by atoms with Gasteiger partial charge in [0.15, 0.2) is 0 Å². The molecule has 0 N–H and O–H groups in total. The van der Waals surface area contributed by atoms with Crippen molar-refractivity contribution in [1.82, 2.24) is 4.90 Å². The van der Waals surface area contributed by atoms with Crippen LogP contribution in [0.5, 0.6) is 0 Å². The number of imide groups is 1. The fraction of sp³-hybridized carbons (Fsp3) is 0.231. The summed E-state index contributed by atoms with van der Waals surface area (Å²) >= 11 is 0. The first-order chi connectivity index (χ1) is 15.1. The Morgan fingerprint density at radius 2 is 1.87 bits per heavy atom. The number of amides is 2. The van der Waals surface area contributed by atoms with Gasteiger partial charge in [-0.1, -0.05) is 72.8 Å². The molecule has 2 unspecified atom stereocenters. The summed E-state index contributed by atoms with van der Waals surface area (Å²) in [6, 6.07) is 19.5. The van der Waals surface area contributed by atoms with Crippen LogP contribution < -0.4 is 0 Å². The third kappa shape index (κ3) is 4.67. The minimum atomic E-state index is -0.756. The van der Waals surface area contributed by atoms with Gasteiger partial charge in [0.1, 0.15) is 12.2 Å². The number of carbonyl (C=O) groups excluding carboxylic acids is 2. The van der Waals surface area contributed by atoms with Gasteiger partial charge < -0.3 is 9.47 Å². The van der Waals surface area contributed by atoms with Gasteiger partial charge in [0.2, 0.25) is 0 Å². The number of carbonyl (C=O) groups is 2. The molecule has 0 bridgehead atoms. The topological polar surface area (TPSA) is 55.8 Å². The van der Waals surface area contributed by atoms with Gasteiger partial charge in [-0.15, -0.1) is 0 Å². The Morgan fingerprint density at radius 3 is 2.58 bits per heavy atom. The SMILES string of the molecule is COC1(/C=C/C(=O)N2C(=O)OCC2Cc2ccccc2)C=CC=C(c2ccccc2)C1. The van der Waals surface area contributed by atoms with E-state index in [1.807, 2.05) is 60.7 Å². The Labute approximate surface area is 182 Å². The van der Waals surface area contributed by atoms with Crippen LogP contribution in [-0.4, -0.2) is 42.3 Å². The van der Waals surface area contributed by atoms with Crippen LogP contribution >= 0.6 is 0 Å². The number of hydrogen-bond donors (Lipinski definition) is 0. The fourth-order valence-electron chi connectivity index (χ4n) is 3.98. The number of cyclic esters (lactones) is 1. The molecule has 0 spiro atoms. The molecule has 1 aliphatic heterocycles. The summed E-state index contributed by atoms with van der Waals surface area (Å²) in [5.41, 5.74) is 2.52. The lowest BCUT2D eigenvalue weighted by molar-refractivity contribution is -0.124. The molecule has 1 heterocycles. The number of ether oxygens (including phenoxy) is 2. The molecule has 0 radical (unpaired) electrons. The Kier molecular flexibility index (Phi) is 6.14. The molecule has 5 heteroatoms. The van der Waals surface area contributed by atoms with Crippen molar-refractivity contribution in [1.29, 1.82) is 0 Å². The van der Waals surface area contributed by atoms with Crippen molar-refractivity contribution in [2.45, 2.75) is 24.5 Å². The maximum absolute atomic E-state index is 13.0. The number of benzene rings is 2. The van der Waals surface area contributed by atoms with Gasteiger partial charge in [0, 0.05) is 19.6 Å². The van der Waals surface area contributed by atoms with Gasteiger partial charge in [-0.2, -0.15) is 0 Å². The molecule has 0 aromatic heterocycles. The molecule has 5 nitrogen and oxygen atoms in total. The van der Waals surface area contributed by atoms with E-state index in [2.05, 4.69) is 18.2 Å². The standard InChI is InChI=1S/C26H25NO4/c1-30-26(15-8-13-22(18-26)21-11-6-3-7-12-21)16-14-24(28)27-23(19-31-25(27)29)17-20-9-4-2-5-10-20/h2-16,23H,17-19H2,1H3/b16-14+. The molecular formula is C26H25NO4. The highest BCUT2D eigenvalue weighted by molar-refractivity contribution is 6.00. The Bertz CT molecular complexity index is 1030. The Morgan fingerprint density at radius 1 is 1.16 bits per heavy atom. The normalized spacial score (nSPS) is 23.1. The molecule has 1 aliphatic carbocycles. The number of hydrogen-bond acceptors (Lipinski definition) is 4. The van der Waals surface area contributed by atoms with Crippen LogP contribution in [0.2, 0.25) is 0 Å². The van der Waals surface area contributed by atoms with Crippen LogP contribution in [0, 0.1) is 0 Å². The van der Waals surface area contributed by atoms with E-state index in [9.17, 15) is 9.59 Å². The number of rotatable bonds is 6. The minimum absolute atomic E-state index is 0.198. The zero-order valence-electron chi connectivity index (χ0n) is 17.4. The predicted octanol–water partition coefficient (Wildman–Crippen LogP) is 4.56. The van der Waals surface area contributed by atoms with Crippen molar-refractivity contribution in [3.8, 4) is 0 Å². The van der Waals surface area contributed by atoms with Crippen molar-refractivity contribution < 1.29 is 19.1 Å². The van der Waals surface area contributed by atoms with E-state index in [0.29, 0.717) is 12.8 Å². The van der Waals surface area contributed by atoms with E-state index in [4.69, 9.17) is 9.47 Å². The molecule has 4 rings (SSSR count). The molecule has 2 aromatic rings. The number of methoxy groups -OCH3 is 1. The molecule has 1 fully saturated rings. The molecule has 2 aromatic carbocycles. The smallest absolute Gasteiger partial charge is 0.417 e. The van der Waals surface area contributed by atoms with Gasteiger partial charge in [0.25, 0.3) is 5.91 Å². The van der Waals surface area contributed by atoms with Crippen LogP contribution in [0.25, 0.3) is 5.57 Å². The summed E-state index contributed by atoms with van der Waals surface area (Å²) < 4.78 is 11.0. The molecule has 158 valence electrons. The average molecular weight is 415 g/mol. The van der Waals surface area contributed by atoms with E-state index in [-0.39, 0.29) is 12.6 Å². The Hall–Kier alpha value is -3.44. The van der Waals surface area contributed by atoms with Crippen molar-refractivity contribution in [3.05, 3.63) is 102 Å². The third-order valence-electron chi connectivity index (χ3n) is 5.69. The summed E-state index contributed by atoms with van der Waals surface area (Å²) in [5, 5.41) is 0. The minimum Gasteiger partial charge on any atom is -0.447 e. The van der Waals surface area contributed by atoms with E-state index in [0.717, 1.165) is 16.7 Å². The predicted molar refractivity (Wildman–Crippen MR) is 119 cm³/mol. The molecule has 2 aliphatic rings. The second kappa shape index (κ2) is 9.14. The highest BCUT2D eigenvalue weighted by Gasteiger charge is 2.37. The molecule has 2 atom stereocenters. The molecule has 1 saturated heterocycles. The monoisotopic (exact) mass is 415 g/mol. The lowest BCUT2D eigenvalue weighted by atomic mass is 9.86. The van der Waals surface area contributed by atoms with Crippen LogP contribution in [0.15, 0.2) is 91.0 Å². The van der Waals surface area contributed by atoms with Crippen LogP contribution in [0.3, 0.4) is 0 Å². The molecule has 31 heavy (non-hydrogen) atoms. The summed E-state index contributed by atoms with van der Waals surface area (Å²) in [5.74, 6) is -0.399. The van der Waals surface area contributed by atoms with E-state index >= 15 is 0 Å². The maximum atomic E-state index is 13.0. The van der Waals surface area contributed by atoms with Gasteiger partial charge in [-0.3, -0.25) is 4.79 Å². The van der Waals surface area contributed by atoms with Crippen LogP contribution in [-0.2, 0) is 20.7 Å². The summed E-state index contributed by atoms with van der Waals surface area (Å²) in [4.78, 5) is 26.4. The summed E-state index contributed by atoms with van der Waals surface area (Å²) in [6.45, 7) is 0.198. The zero-order chi connectivity index (χ0) is 21.7. The first-order valence-electron chi connectivity index (χ1n) is 10.3. The molecule has 2 amide bonds. The third-order valence-corrected chi connectivity index (χ3v) is 5.69. The van der Waals surface area contributed by atoms with Crippen LogP contribution in [0.4, 0.5) is 4.79 Å². The van der Waals surface area contributed by atoms with Gasteiger partial charge in [-0.25, -0.2) is 9.69 Å². The Balaban J connectivity index is 1.49. The first-order valence-corrected chi connectivity index (χ1v) is 10.3. The van der Waals surface area contributed by atoms with E-state index in [1.54, 1.807) is 13.2 Å². The average Bonchev–Trinajstić information content (AvgIpc) is 3.18. The largest absolute Gasteiger partial charge is 0.447 e. The van der Waals surface area contributed by atoms with Crippen molar-refractivity contribution >= 4 is 17.6 Å². The van der Waals surface area contributed by atoms with E-state index in [1.165, 1.54) is 11.0 Å². The van der Waals surface area contributed by atoms with Crippen molar-refractivity contribution in [2.24, 2.45) is 0 Å². The van der Waals surface area contributed by atoms with Gasteiger partial charge in [-0.05, 0) is 35.3 Å². The fourth-order valence-corrected chi connectivity index (χ4v) is 3.98. The molecular weight excluding hydrogens is 390 g/mol. The lowest BCUT2D eigenvalue weighted by Gasteiger charge is -2.30. The highest BCUT2D eigenvalue weighted by Crippen LogP contribution is 2.33. The highest BCUT2D eigenvalue weighted by atomic mass is 16.6. The van der Waals surface area contributed by atoms with E-state index < -0.39 is 17.6 Å². The molecule has 0 saturated carbocycles. The second-order valence-electron chi connectivity index (χ2n) is 7.71. The van der Waals surface area contributed by atoms with Crippen molar-refractivity contribution in [3.63, 3.8) is 0 Å². The number of allylic oxidation sites excluding steroid dienone is 2.